The number of hydrogen-bond acceptors (Lipinski definition) is 3. The summed E-state index contributed by atoms with van der Waals surface area (Å²) in [5.74, 6) is 0.634. The third kappa shape index (κ3) is 5.39. The van der Waals surface area contributed by atoms with Crippen molar-refractivity contribution >= 4 is 11.8 Å². The molecule has 170 valence electrons. The first-order chi connectivity index (χ1) is 15.5. The highest BCUT2D eigenvalue weighted by Crippen LogP contribution is 2.31. The molecule has 1 atom stereocenters. The predicted molar refractivity (Wildman–Crippen MR) is 127 cm³/mol. The van der Waals surface area contributed by atoms with Crippen molar-refractivity contribution in [3.63, 3.8) is 0 Å². The van der Waals surface area contributed by atoms with Gasteiger partial charge in [-0.2, -0.15) is 0 Å². The molecular formula is C27H35N3O2. The van der Waals surface area contributed by atoms with E-state index in [-0.39, 0.29) is 17.9 Å². The van der Waals surface area contributed by atoms with E-state index in [9.17, 15) is 9.59 Å². The van der Waals surface area contributed by atoms with Crippen molar-refractivity contribution in [2.75, 3.05) is 26.2 Å². The van der Waals surface area contributed by atoms with Crippen molar-refractivity contribution in [1.82, 2.24) is 15.1 Å². The molecule has 2 amide bonds. The molecule has 1 aliphatic heterocycles. The minimum atomic E-state index is -0.0982. The molecule has 0 aromatic heterocycles. The van der Waals surface area contributed by atoms with E-state index >= 15 is 0 Å². The Labute approximate surface area is 191 Å². The van der Waals surface area contributed by atoms with E-state index in [1.54, 1.807) is 0 Å². The van der Waals surface area contributed by atoms with Crippen LogP contribution in [0, 0.1) is 19.8 Å². The molecular weight excluding hydrogens is 398 g/mol. The number of piperazine rings is 1. The van der Waals surface area contributed by atoms with Gasteiger partial charge in [0.1, 0.15) is 0 Å². The molecule has 32 heavy (non-hydrogen) atoms. The zero-order chi connectivity index (χ0) is 22.5. The monoisotopic (exact) mass is 433 g/mol. The van der Waals surface area contributed by atoms with Gasteiger partial charge in [-0.05, 0) is 50.3 Å². The van der Waals surface area contributed by atoms with Crippen LogP contribution in [-0.2, 0) is 11.3 Å². The van der Waals surface area contributed by atoms with Gasteiger partial charge in [0.25, 0.3) is 5.91 Å². The largest absolute Gasteiger partial charge is 0.351 e. The molecule has 2 aromatic carbocycles. The molecule has 1 aliphatic carbocycles. The van der Waals surface area contributed by atoms with Crippen LogP contribution in [0.5, 0.6) is 0 Å². The highest BCUT2D eigenvalue weighted by atomic mass is 16.2. The zero-order valence-electron chi connectivity index (χ0n) is 19.3. The molecule has 1 heterocycles. The quantitative estimate of drug-likeness (QED) is 0.751. The zero-order valence-corrected chi connectivity index (χ0v) is 19.3. The van der Waals surface area contributed by atoms with Gasteiger partial charge in [-0.1, -0.05) is 60.4 Å². The first-order valence-electron chi connectivity index (χ1n) is 11.9. The molecule has 0 unspecified atom stereocenters. The van der Waals surface area contributed by atoms with Crippen LogP contribution in [0.15, 0.2) is 48.5 Å². The molecule has 1 N–H and O–H groups in total. The molecule has 0 bridgehead atoms. The summed E-state index contributed by atoms with van der Waals surface area (Å²) in [6, 6.07) is 16.0. The molecule has 5 nitrogen and oxygen atoms in total. The maximum absolute atomic E-state index is 13.3. The van der Waals surface area contributed by atoms with Crippen LogP contribution >= 0.6 is 0 Å². The molecule has 1 saturated carbocycles. The Bertz CT molecular complexity index is 926. The molecule has 5 heteroatoms. The maximum atomic E-state index is 13.3. The topological polar surface area (TPSA) is 52.7 Å². The first-order valence-corrected chi connectivity index (χ1v) is 11.9. The van der Waals surface area contributed by atoms with Crippen LogP contribution in [-0.4, -0.2) is 53.8 Å². The van der Waals surface area contributed by atoms with Crippen LogP contribution in [0.4, 0.5) is 0 Å². The second kappa shape index (κ2) is 10.3. The summed E-state index contributed by atoms with van der Waals surface area (Å²) in [5, 5.41) is 3.20. The number of hydrogen-bond donors (Lipinski definition) is 1. The molecule has 0 radical (unpaired) electrons. The summed E-state index contributed by atoms with van der Waals surface area (Å²) >= 11 is 0. The summed E-state index contributed by atoms with van der Waals surface area (Å²) in [6.45, 7) is 7.50. The number of nitrogens with zero attached hydrogens (tertiary/aromatic N) is 2. The lowest BCUT2D eigenvalue weighted by Gasteiger charge is -2.40. The number of amides is 2. The lowest BCUT2D eigenvalue weighted by atomic mass is 9.94. The SMILES string of the molecule is Cc1ccc(C(=O)N2CCN([C@@H](C(=O)NCc3cccc(C)c3)C3CCCC3)CC2)cc1. The maximum Gasteiger partial charge on any atom is 0.253 e. The van der Waals surface area contributed by atoms with E-state index < -0.39 is 0 Å². The Kier molecular flexibility index (Phi) is 7.26. The molecule has 1 saturated heterocycles. The highest BCUT2D eigenvalue weighted by molar-refractivity contribution is 5.94. The Hall–Kier alpha value is -2.66. The summed E-state index contributed by atoms with van der Waals surface area (Å²) in [7, 11) is 0. The van der Waals surface area contributed by atoms with Gasteiger partial charge in [-0.15, -0.1) is 0 Å². The third-order valence-electron chi connectivity index (χ3n) is 6.96. The summed E-state index contributed by atoms with van der Waals surface area (Å²) in [4.78, 5) is 30.5. The van der Waals surface area contributed by atoms with Crippen LogP contribution in [0.2, 0.25) is 0 Å². The first kappa shape index (κ1) is 22.5. The number of carbonyl (C=O) groups excluding carboxylic acids is 2. The fraction of sp³-hybridized carbons (Fsp3) is 0.481. The van der Waals surface area contributed by atoms with Gasteiger partial charge < -0.3 is 10.2 Å². The molecule has 2 aliphatic rings. The molecule has 0 spiro atoms. The number of nitrogens with one attached hydrogen (secondary N) is 1. The molecule has 2 aromatic rings. The normalized spacial score (nSPS) is 18.5. The van der Waals surface area contributed by atoms with E-state index in [0.717, 1.165) is 42.6 Å². The van der Waals surface area contributed by atoms with Gasteiger partial charge in [-0.25, -0.2) is 0 Å². The summed E-state index contributed by atoms with van der Waals surface area (Å²) in [6.07, 6.45) is 4.65. The fourth-order valence-corrected chi connectivity index (χ4v) is 5.15. The van der Waals surface area contributed by atoms with Crippen molar-refractivity contribution < 1.29 is 9.59 Å². The predicted octanol–water partition coefficient (Wildman–Crippen LogP) is 3.94. The fourth-order valence-electron chi connectivity index (χ4n) is 5.15. The minimum absolute atomic E-state index is 0.0889. The Balaban J connectivity index is 1.38. The minimum Gasteiger partial charge on any atom is -0.351 e. The van der Waals surface area contributed by atoms with Gasteiger partial charge >= 0.3 is 0 Å². The Morgan fingerprint density at radius 2 is 1.62 bits per heavy atom. The number of rotatable bonds is 6. The van der Waals surface area contributed by atoms with Gasteiger partial charge in [0.05, 0.1) is 6.04 Å². The van der Waals surface area contributed by atoms with E-state index in [1.165, 1.54) is 18.4 Å². The lowest BCUT2D eigenvalue weighted by Crippen LogP contribution is -2.57. The molecule has 2 fully saturated rings. The standard InChI is InChI=1S/C27H35N3O2/c1-20-10-12-24(13-11-20)27(32)30-16-14-29(15-17-30)25(23-8-3-4-9-23)26(31)28-19-22-7-5-6-21(2)18-22/h5-7,10-13,18,23,25H,3-4,8-9,14-17,19H2,1-2H3,(H,28,31)/t25-/m1/s1. The van der Waals surface area contributed by atoms with Gasteiger partial charge in [0, 0.05) is 38.3 Å². The van der Waals surface area contributed by atoms with Crippen molar-refractivity contribution in [2.24, 2.45) is 5.92 Å². The molecule has 4 rings (SSSR count). The average Bonchev–Trinajstić information content (AvgIpc) is 3.33. The van der Waals surface area contributed by atoms with Gasteiger partial charge in [0.15, 0.2) is 0 Å². The second-order valence-corrected chi connectivity index (χ2v) is 9.39. The number of benzene rings is 2. The van der Waals surface area contributed by atoms with E-state index in [1.807, 2.05) is 42.2 Å². The Morgan fingerprint density at radius 3 is 2.28 bits per heavy atom. The third-order valence-corrected chi connectivity index (χ3v) is 6.96. The number of aryl methyl sites for hydroxylation is 2. The van der Waals surface area contributed by atoms with Crippen molar-refractivity contribution in [3.05, 3.63) is 70.8 Å². The lowest BCUT2D eigenvalue weighted by molar-refractivity contribution is -0.129. The van der Waals surface area contributed by atoms with Gasteiger partial charge in [-0.3, -0.25) is 14.5 Å². The Morgan fingerprint density at radius 1 is 0.938 bits per heavy atom. The summed E-state index contributed by atoms with van der Waals surface area (Å²) in [5.41, 5.74) is 4.24. The van der Waals surface area contributed by atoms with Crippen LogP contribution in [0.25, 0.3) is 0 Å². The van der Waals surface area contributed by atoms with E-state index in [4.69, 9.17) is 0 Å². The average molecular weight is 434 g/mol. The smallest absolute Gasteiger partial charge is 0.253 e. The van der Waals surface area contributed by atoms with Crippen molar-refractivity contribution in [1.29, 1.82) is 0 Å². The van der Waals surface area contributed by atoms with Gasteiger partial charge in [0.2, 0.25) is 5.91 Å². The van der Waals surface area contributed by atoms with Crippen LogP contribution < -0.4 is 5.32 Å². The highest BCUT2D eigenvalue weighted by Gasteiger charge is 2.37. The van der Waals surface area contributed by atoms with Crippen LogP contribution in [0.1, 0.15) is 52.7 Å². The second-order valence-electron chi connectivity index (χ2n) is 9.39. The van der Waals surface area contributed by atoms with E-state index in [2.05, 4.69) is 35.3 Å². The summed E-state index contributed by atoms with van der Waals surface area (Å²) < 4.78 is 0. The van der Waals surface area contributed by atoms with Crippen molar-refractivity contribution in [3.8, 4) is 0 Å². The van der Waals surface area contributed by atoms with Crippen molar-refractivity contribution in [2.45, 2.75) is 52.1 Å². The number of carbonyl (C=O) groups is 2. The van der Waals surface area contributed by atoms with Crippen LogP contribution in [0.3, 0.4) is 0 Å². The van der Waals surface area contributed by atoms with E-state index in [0.29, 0.717) is 25.6 Å².